The fourth-order valence-electron chi connectivity index (χ4n) is 3.49. The normalized spacial score (nSPS) is 18.7. The van der Waals surface area contributed by atoms with Crippen LogP contribution in [0.1, 0.15) is 30.4 Å². The number of carbonyl (C=O) groups is 1. The van der Waals surface area contributed by atoms with E-state index in [1.807, 2.05) is 6.20 Å². The lowest BCUT2D eigenvalue weighted by Crippen LogP contribution is -2.07. The number of rotatable bonds is 5. The Morgan fingerprint density at radius 3 is 2.59 bits per heavy atom. The summed E-state index contributed by atoms with van der Waals surface area (Å²) in [6, 6.07) is 8.12. The molecule has 1 aromatic heterocycles. The minimum Gasteiger partial charge on any atom is -0.466 e. The standard InChI is InChI=1S/C21H19F3N2O3/c1-3-28-20(27)18-10-16(18)17-9-15(8-12-11-26(2)25-19(12)17)29-14-6-4-13(5-7-14)21(22,23)24/h4-9,11,16,18H,3,10H2,1-2H3. The Hall–Kier alpha value is -3.03. The Labute approximate surface area is 165 Å². The zero-order valence-electron chi connectivity index (χ0n) is 15.9. The van der Waals surface area contributed by atoms with E-state index in [0.29, 0.717) is 24.5 Å². The molecule has 2 atom stereocenters. The van der Waals surface area contributed by atoms with Crippen molar-refractivity contribution in [3.8, 4) is 11.5 Å². The number of benzene rings is 2. The van der Waals surface area contributed by atoms with E-state index in [-0.39, 0.29) is 17.8 Å². The van der Waals surface area contributed by atoms with Crippen LogP contribution in [-0.4, -0.2) is 22.4 Å². The lowest BCUT2D eigenvalue weighted by atomic mass is 10.1. The molecule has 0 aliphatic heterocycles. The highest BCUT2D eigenvalue weighted by Gasteiger charge is 2.46. The van der Waals surface area contributed by atoms with Gasteiger partial charge in [-0.2, -0.15) is 18.3 Å². The van der Waals surface area contributed by atoms with E-state index >= 15 is 0 Å². The van der Waals surface area contributed by atoms with Gasteiger partial charge < -0.3 is 9.47 Å². The van der Waals surface area contributed by atoms with Gasteiger partial charge in [0.2, 0.25) is 0 Å². The smallest absolute Gasteiger partial charge is 0.416 e. The number of ether oxygens (including phenoxy) is 2. The number of halogens is 3. The molecule has 1 fully saturated rings. The van der Waals surface area contributed by atoms with Gasteiger partial charge in [-0.05, 0) is 55.3 Å². The van der Waals surface area contributed by atoms with Crippen molar-refractivity contribution in [2.75, 3.05) is 6.61 Å². The third kappa shape index (κ3) is 3.92. The molecule has 29 heavy (non-hydrogen) atoms. The first-order valence-corrected chi connectivity index (χ1v) is 9.25. The Kier molecular flexibility index (Phi) is 4.72. The van der Waals surface area contributed by atoms with Crippen LogP contribution in [0, 0.1) is 5.92 Å². The van der Waals surface area contributed by atoms with Crippen LogP contribution in [0.2, 0.25) is 0 Å². The lowest BCUT2D eigenvalue weighted by molar-refractivity contribution is -0.144. The predicted octanol–water partition coefficient (Wildman–Crippen LogP) is 5.05. The Bertz CT molecular complexity index is 1060. The topological polar surface area (TPSA) is 53.4 Å². The second-order valence-electron chi connectivity index (χ2n) is 7.08. The van der Waals surface area contributed by atoms with Crippen molar-refractivity contribution >= 4 is 16.9 Å². The summed E-state index contributed by atoms with van der Waals surface area (Å²) in [5, 5.41) is 5.32. The summed E-state index contributed by atoms with van der Waals surface area (Å²) < 4.78 is 50.8. The second kappa shape index (κ2) is 7.09. The van der Waals surface area contributed by atoms with Gasteiger partial charge in [0.15, 0.2) is 0 Å². The highest BCUT2D eigenvalue weighted by molar-refractivity contribution is 5.86. The zero-order valence-corrected chi connectivity index (χ0v) is 15.9. The molecule has 0 saturated heterocycles. The van der Waals surface area contributed by atoms with Crippen LogP contribution >= 0.6 is 0 Å². The number of aromatic nitrogens is 2. The molecule has 5 nitrogen and oxygen atoms in total. The maximum Gasteiger partial charge on any atom is 0.416 e. The fraction of sp³-hybridized carbons (Fsp3) is 0.333. The van der Waals surface area contributed by atoms with Crippen molar-refractivity contribution in [2.24, 2.45) is 13.0 Å². The third-order valence-electron chi connectivity index (χ3n) is 4.92. The van der Waals surface area contributed by atoms with Crippen LogP contribution in [0.5, 0.6) is 11.5 Å². The summed E-state index contributed by atoms with van der Waals surface area (Å²) in [6.45, 7) is 2.10. The fourth-order valence-corrected chi connectivity index (χ4v) is 3.49. The number of esters is 1. The average Bonchev–Trinajstić information content (AvgIpc) is 3.36. The third-order valence-corrected chi connectivity index (χ3v) is 4.92. The summed E-state index contributed by atoms with van der Waals surface area (Å²) >= 11 is 0. The molecule has 0 bridgehead atoms. The Balaban J connectivity index is 1.63. The number of hydrogen-bond donors (Lipinski definition) is 0. The van der Waals surface area contributed by atoms with Crippen molar-refractivity contribution in [1.82, 2.24) is 9.78 Å². The number of alkyl halides is 3. The van der Waals surface area contributed by atoms with Gasteiger partial charge in [0.1, 0.15) is 11.5 Å². The summed E-state index contributed by atoms with van der Waals surface area (Å²) in [5.41, 5.74) is 0.927. The highest BCUT2D eigenvalue weighted by atomic mass is 19.4. The molecule has 1 aliphatic rings. The summed E-state index contributed by atoms with van der Waals surface area (Å²) in [4.78, 5) is 12.0. The molecule has 0 spiro atoms. The SMILES string of the molecule is CCOC(=O)C1CC1c1cc(Oc2ccc(C(F)(F)F)cc2)cc2cn(C)nc12. The summed E-state index contributed by atoms with van der Waals surface area (Å²) in [6.07, 6.45) is -1.89. The van der Waals surface area contributed by atoms with Crippen LogP contribution in [0.4, 0.5) is 13.2 Å². The van der Waals surface area contributed by atoms with E-state index in [4.69, 9.17) is 9.47 Å². The van der Waals surface area contributed by atoms with Crippen molar-refractivity contribution in [3.63, 3.8) is 0 Å². The first-order chi connectivity index (χ1) is 13.8. The Morgan fingerprint density at radius 1 is 1.21 bits per heavy atom. The van der Waals surface area contributed by atoms with Crippen molar-refractivity contribution < 1.29 is 27.4 Å². The molecule has 152 valence electrons. The van der Waals surface area contributed by atoms with Gasteiger partial charge in [0.05, 0.1) is 23.6 Å². The van der Waals surface area contributed by atoms with Crippen LogP contribution in [0.15, 0.2) is 42.6 Å². The molecule has 2 unspecified atom stereocenters. The van der Waals surface area contributed by atoms with Gasteiger partial charge >= 0.3 is 12.1 Å². The first kappa shape index (κ1) is 19.3. The number of nitrogens with zero attached hydrogens (tertiary/aromatic N) is 2. The van der Waals surface area contributed by atoms with E-state index in [9.17, 15) is 18.0 Å². The minimum atomic E-state index is -4.39. The van der Waals surface area contributed by atoms with Crippen LogP contribution in [-0.2, 0) is 22.8 Å². The zero-order chi connectivity index (χ0) is 20.8. The molecular weight excluding hydrogens is 385 g/mol. The van der Waals surface area contributed by atoms with Crippen LogP contribution in [0.25, 0.3) is 10.9 Å². The summed E-state index contributed by atoms with van der Waals surface area (Å²) in [7, 11) is 1.80. The van der Waals surface area contributed by atoms with Gasteiger partial charge in [0, 0.05) is 24.5 Å². The number of aryl methyl sites for hydroxylation is 1. The molecule has 2 aromatic carbocycles. The molecular formula is C21H19F3N2O3. The molecule has 1 heterocycles. The first-order valence-electron chi connectivity index (χ1n) is 9.25. The van der Waals surface area contributed by atoms with E-state index in [2.05, 4.69) is 5.10 Å². The quantitative estimate of drug-likeness (QED) is 0.559. The molecule has 0 N–H and O–H groups in total. The Morgan fingerprint density at radius 2 is 1.93 bits per heavy atom. The molecule has 0 amide bonds. The maximum atomic E-state index is 12.7. The van der Waals surface area contributed by atoms with E-state index in [1.54, 1.807) is 30.8 Å². The molecule has 1 saturated carbocycles. The van der Waals surface area contributed by atoms with Crippen LogP contribution in [0.3, 0.4) is 0 Å². The maximum absolute atomic E-state index is 12.7. The lowest BCUT2D eigenvalue weighted by Gasteiger charge is -2.11. The van der Waals surface area contributed by atoms with Crippen LogP contribution < -0.4 is 4.74 Å². The molecule has 1 aliphatic carbocycles. The molecule has 8 heteroatoms. The van der Waals surface area contributed by atoms with E-state index in [0.717, 1.165) is 28.6 Å². The van der Waals surface area contributed by atoms with E-state index in [1.165, 1.54) is 12.1 Å². The summed E-state index contributed by atoms with van der Waals surface area (Å²) in [5.74, 6) is 0.333. The monoisotopic (exact) mass is 404 g/mol. The van der Waals surface area contributed by atoms with Gasteiger partial charge in [-0.1, -0.05) is 0 Å². The number of carbonyl (C=O) groups excluding carboxylic acids is 1. The van der Waals surface area contributed by atoms with Gasteiger partial charge in [-0.15, -0.1) is 0 Å². The largest absolute Gasteiger partial charge is 0.466 e. The van der Waals surface area contributed by atoms with Crippen molar-refractivity contribution in [3.05, 3.63) is 53.7 Å². The van der Waals surface area contributed by atoms with Crippen molar-refractivity contribution in [1.29, 1.82) is 0 Å². The van der Waals surface area contributed by atoms with Gasteiger partial charge in [-0.25, -0.2) is 0 Å². The van der Waals surface area contributed by atoms with Gasteiger partial charge in [-0.3, -0.25) is 9.48 Å². The molecule has 4 rings (SSSR count). The average molecular weight is 404 g/mol. The predicted molar refractivity (Wildman–Crippen MR) is 99.7 cm³/mol. The molecule has 0 radical (unpaired) electrons. The highest BCUT2D eigenvalue weighted by Crippen LogP contribution is 2.51. The van der Waals surface area contributed by atoms with E-state index < -0.39 is 11.7 Å². The minimum absolute atomic E-state index is 0.0115. The second-order valence-corrected chi connectivity index (χ2v) is 7.08. The number of fused-ring (bicyclic) bond motifs is 1. The van der Waals surface area contributed by atoms with Crippen molar-refractivity contribution in [2.45, 2.75) is 25.4 Å². The molecule has 3 aromatic rings. The van der Waals surface area contributed by atoms with Gasteiger partial charge in [0.25, 0.3) is 0 Å². The number of hydrogen-bond acceptors (Lipinski definition) is 4.